The van der Waals surface area contributed by atoms with Crippen LogP contribution in [0.4, 0.5) is 0 Å². The van der Waals surface area contributed by atoms with Crippen LogP contribution < -0.4 is 4.74 Å². The molecule has 0 unspecified atom stereocenters. The van der Waals surface area contributed by atoms with Crippen LogP contribution in [0.3, 0.4) is 0 Å². The molecule has 3 rings (SSSR count). The van der Waals surface area contributed by atoms with Crippen molar-refractivity contribution in [1.82, 2.24) is 9.97 Å². The van der Waals surface area contributed by atoms with Crippen LogP contribution in [0.2, 0.25) is 0 Å². The van der Waals surface area contributed by atoms with Crippen LogP contribution in [0.25, 0.3) is 11.4 Å². The average molecular weight is 308 g/mol. The highest BCUT2D eigenvalue weighted by Crippen LogP contribution is 2.20. The largest absolute Gasteiger partial charge is 0.489 e. The number of H-pyrrole nitrogens is 1. The summed E-state index contributed by atoms with van der Waals surface area (Å²) in [5, 5.41) is 0. The van der Waals surface area contributed by atoms with Crippen LogP contribution in [-0.4, -0.2) is 23.7 Å². The molecule has 1 aromatic heterocycles. The number of aromatic nitrogens is 2. The van der Waals surface area contributed by atoms with E-state index in [0.717, 1.165) is 34.8 Å². The minimum absolute atomic E-state index is 0.572. The van der Waals surface area contributed by atoms with E-state index in [2.05, 4.69) is 22.1 Å². The first-order valence-electron chi connectivity index (χ1n) is 7.65. The molecule has 1 heterocycles. The molecule has 23 heavy (non-hydrogen) atoms. The summed E-state index contributed by atoms with van der Waals surface area (Å²) in [6, 6.07) is 18.1. The summed E-state index contributed by atoms with van der Waals surface area (Å²) in [4.78, 5) is 7.72. The van der Waals surface area contributed by atoms with Gasteiger partial charge in [0.1, 0.15) is 18.2 Å². The third-order valence-electron chi connectivity index (χ3n) is 3.58. The molecule has 0 aliphatic heterocycles. The fourth-order valence-electron chi connectivity index (χ4n) is 2.29. The summed E-state index contributed by atoms with van der Waals surface area (Å²) >= 11 is 0. The lowest BCUT2D eigenvalue weighted by atomic mass is 10.2. The molecule has 0 atom stereocenters. The van der Waals surface area contributed by atoms with Crippen LogP contribution in [0.1, 0.15) is 11.3 Å². The van der Waals surface area contributed by atoms with E-state index in [1.165, 1.54) is 0 Å². The third-order valence-corrected chi connectivity index (χ3v) is 3.58. The van der Waals surface area contributed by atoms with E-state index in [1.807, 2.05) is 48.7 Å². The SMILES string of the molecule is COCCc1cnc(-c2ccc(OCc3ccccc3)cc2)[nH]1. The quantitative estimate of drug-likeness (QED) is 0.721. The number of benzene rings is 2. The van der Waals surface area contributed by atoms with Gasteiger partial charge in [-0.1, -0.05) is 30.3 Å². The van der Waals surface area contributed by atoms with Gasteiger partial charge in [-0.15, -0.1) is 0 Å². The molecule has 0 saturated heterocycles. The Morgan fingerprint density at radius 2 is 1.78 bits per heavy atom. The fraction of sp³-hybridized carbons (Fsp3) is 0.211. The lowest BCUT2D eigenvalue weighted by Gasteiger charge is -2.06. The normalized spacial score (nSPS) is 10.7. The van der Waals surface area contributed by atoms with Crippen molar-refractivity contribution >= 4 is 0 Å². The van der Waals surface area contributed by atoms with Crippen LogP contribution in [0.15, 0.2) is 60.8 Å². The van der Waals surface area contributed by atoms with Gasteiger partial charge in [-0.05, 0) is 29.8 Å². The van der Waals surface area contributed by atoms with E-state index in [4.69, 9.17) is 9.47 Å². The van der Waals surface area contributed by atoms with Gasteiger partial charge in [0.15, 0.2) is 0 Å². The Labute approximate surface area is 136 Å². The van der Waals surface area contributed by atoms with Crippen molar-refractivity contribution in [3.63, 3.8) is 0 Å². The van der Waals surface area contributed by atoms with Crippen LogP contribution >= 0.6 is 0 Å². The highest BCUT2D eigenvalue weighted by Gasteiger charge is 2.04. The first kappa shape index (κ1) is 15.3. The summed E-state index contributed by atoms with van der Waals surface area (Å²) in [6.07, 6.45) is 2.69. The van der Waals surface area contributed by atoms with Crippen molar-refractivity contribution in [2.45, 2.75) is 13.0 Å². The van der Waals surface area contributed by atoms with Gasteiger partial charge in [-0.25, -0.2) is 4.98 Å². The van der Waals surface area contributed by atoms with Gasteiger partial charge in [0.2, 0.25) is 0 Å². The first-order valence-corrected chi connectivity index (χ1v) is 7.65. The highest BCUT2D eigenvalue weighted by molar-refractivity contribution is 5.56. The van der Waals surface area contributed by atoms with Gasteiger partial charge < -0.3 is 14.5 Å². The molecule has 4 heteroatoms. The monoisotopic (exact) mass is 308 g/mol. The number of hydrogen-bond donors (Lipinski definition) is 1. The number of rotatable bonds is 7. The second-order valence-corrected chi connectivity index (χ2v) is 5.30. The predicted octanol–water partition coefficient (Wildman–Crippen LogP) is 3.84. The molecule has 0 spiro atoms. The molecular formula is C19H20N2O2. The van der Waals surface area contributed by atoms with Crippen molar-refractivity contribution in [3.8, 4) is 17.1 Å². The molecule has 0 fully saturated rings. The number of nitrogens with zero attached hydrogens (tertiary/aromatic N) is 1. The van der Waals surface area contributed by atoms with Gasteiger partial charge >= 0.3 is 0 Å². The van der Waals surface area contributed by atoms with Crippen LogP contribution in [0, 0.1) is 0 Å². The van der Waals surface area contributed by atoms with Gasteiger partial charge in [-0.3, -0.25) is 0 Å². The van der Waals surface area contributed by atoms with Gasteiger partial charge in [0.05, 0.1) is 6.61 Å². The maximum absolute atomic E-state index is 5.79. The molecule has 0 radical (unpaired) electrons. The molecule has 4 nitrogen and oxygen atoms in total. The second-order valence-electron chi connectivity index (χ2n) is 5.30. The molecule has 1 N–H and O–H groups in total. The first-order chi connectivity index (χ1) is 11.3. The Hall–Kier alpha value is -2.59. The maximum atomic E-state index is 5.79. The lowest BCUT2D eigenvalue weighted by molar-refractivity contribution is 0.201. The molecule has 0 bridgehead atoms. The number of nitrogens with one attached hydrogen (secondary N) is 1. The number of methoxy groups -OCH3 is 1. The topological polar surface area (TPSA) is 47.1 Å². The summed E-state index contributed by atoms with van der Waals surface area (Å²) in [7, 11) is 1.70. The summed E-state index contributed by atoms with van der Waals surface area (Å²) in [5.74, 6) is 1.72. The standard InChI is InChI=1S/C19H20N2O2/c1-22-12-11-17-13-20-19(21-17)16-7-9-18(10-8-16)23-14-15-5-3-2-4-6-15/h2-10,13H,11-12,14H2,1H3,(H,20,21). The Kier molecular flexibility index (Phi) is 5.06. The molecular weight excluding hydrogens is 288 g/mol. The molecule has 0 aliphatic carbocycles. The van der Waals surface area contributed by atoms with E-state index < -0.39 is 0 Å². The Balaban J connectivity index is 1.61. The third kappa shape index (κ3) is 4.20. The van der Waals surface area contributed by atoms with Crippen LogP contribution in [0.5, 0.6) is 5.75 Å². The molecule has 3 aromatic rings. The number of imidazole rings is 1. The smallest absolute Gasteiger partial charge is 0.137 e. The minimum atomic E-state index is 0.572. The lowest BCUT2D eigenvalue weighted by Crippen LogP contribution is -1.95. The molecule has 2 aromatic carbocycles. The zero-order chi connectivity index (χ0) is 15.9. The van der Waals surface area contributed by atoms with E-state index in [0.29, 0.717) is 13.2 Å². The summed E-state index contributed by atoms with van der Waals surface area (Å²) in [6.45, 7) is 1.26. The zero-order valence-electron chi connectivity index (χ0n) is 13.2. The maximum Gasteiger partial charge on any atom is 0.137 e. The zero-order valence-corrected chi connectivity index (χ0v) is 13.2. The average Bonchev–Trinajstić information content (AvgIpc) is 3.08. The Morgan fingerprint density at radius 1 is 1.00 bits per heavy atom. The van der Waals surface area contributed by atoms with Crippen molar-refractivity contribution in [2.75, 3.05) is 13.7 Å². The van der Waals surface area contributed by atoms with Crippen molar-refractivity contribution in [2.24, 2.45) is 0 Å². The second kappa shape index (κ2) is 7.61. The fourth-order valence-corrected chi connectivity index (χ4v) is 2.29. The van der Waals surface area contributed by atoms with E-state index in [9.17, 15) is 0 Å². The number of hydrogen-bond acceptors (Lipinski definition) is 3. The highest BCUT2D eigenvalue weighted by atomic mass is 16.5. The Bertz CT molecular complexity index is 721. The summed E-state index contributed by atoms with van der Waals surface area (Å²) < 4.78 is 10.9. The van der Waals surface area contributed by atoms with Crippen LogP contribution in [-0.2, 0) is 17.8 Å². The minimum Gasteiger partial charge on any atom is -0.489 e. The summed E-state index contributed by atoms with van der Waals surface area (Å²) in [5.41, 5.74) is 3.28. The van der Waals surface area contributed by atoms with E-state index in [1.54, 1.807) is 7.11 Å². The van der Waals surface area contributed by atoms with Gasteiger partial charge in [0, 0.05) is 31.0 Å². The molecule has 0 saturated carbocycles. The number of aromatic amines is 1. The van der Waals surface area contributed by atoms with E-state index >= 15 is 0 Å². The van der Waals surface area contributed by atoms with Crippen molar-refractivity contribution in [1.29, 1.82) is 0 Å². The van der Waals surface area contributed by atoms with Gasteiger partial charge in [-0.2, -0.15) is 0 Å². The molecule has 118 valence electrons. The van der Waals surface area contributed by atoms with Crippen molar-refractivity contribution < 1.29 is 9.47 Å². The van der Waals surface area contributed by atoms with Crippen molar-refractivity contribution in [3.05, 3.63) is 72.1 Å². The molecule has 0 amide bonds. The number of ether oxygens (including phenoxy) is 2. The Morgan fingerprint density at radius 3 is 2.52 bits per heavy atom. The van der Waals surface area contributed by atoms with E-state index in [-0.39, 0.29) is 0 Å². The predicted molar refractivity (Wildman–Crippen MR) is 90.4 cm³/mol. The molecule has 0 aliphatic rings. The van der Waals surface area contributed by atoms with Gasteiger partial charge in [0.25, 0.3) is 0 Å².